The minimum absolute atomic E-state index is 0.0581. The summed E-state index contributed by atoms with van der Waals surface area (Å²) in [7, 11) is -3.73. The molecule has 18 heavy (non-hydrogen) atoms. The van der Waals surface area contributed by atoms with Gasteiger partial charge in [0.1, 0.15) is 0 Å². The molecule has 0 spiro atoms. The molecule has 1 heterocycles. The number of hydrogen-bond donors (Lipinski definition) is 2. The van der Waals surface area contributed by atoms with Crippen molar-refractivity contribution in [2.24, 2.45) is 0 Å². The summed E-state index contributed by atoms with van der Waals surface area (Å²) in [4.78, 5) is 3.92. The van der Waals surface area contributed by atoms with E-state index in [4.69, 9.17) is 17.3 Å². The predicted molar refractivity (Wildman–Crippen MR) is 73.5 cm³/mol. The van der Waals surface area contributed by atoms with Crippen molar-refractivity contribution < 1.29 is 8.42 Å². The normalized spacial score (nSPS) is 11.4. The lowest BCUT2D eigenvalue weighted by Gasteiger charge is -2.10. The van der Waals surface area contributed by atoms with Crippen LogP contribution in [-0.4, -0.2) is 13.4 Å². The molecule has 0 unspecified atom stereocenters. The van der Waals surface area contributed by atoms with Gasteiger partial charge in [0.25, 0.3) is 10.0 Å². The largest absolute Gasteiger partial charge is 0.398 e. The van der Waals surface area contributed by atoms with Crippen molar-refractivity contribution in [3.05, 3.63) is 34.3 Å². The summed E-state index contributed by atoms with van der Waals surface area (Å²) in [6.45, 7) is 1.63. The van der Waals surface area contributed by atoms with Crippen molar-refractivity contribution in [2.45, 2.75) is 11.8 Å². The highest BCUT2D eigenvalue weighted by Gasteiger charge is 2.20. The molecule has 2 aromatic rings. The Morgan fingerprint density at radius 1 is 1.44 bits per heavy atom. The van der Waals surface area contributed by atoms with E-state index in [2.05, 4.69) is 9.71 Å². The number of hydrogen-bond acceptors (Lipinski definition) is 5. The second-order valence-corrected chi connectivity index (χ2v) is 6.54. The molecular weight excluding hydrogens is 294 g/mol. The third-order valence-electron chi connectivity index (χ3n) is 2.31. The zero-order valence-electron chi connectivity index (χ0n) is 9.34. The van der Waals surface area contributed by atoms with E-state index in [9.17, 15) is 8.42 Å². The first kappa shape index (κ1) is 13.1. The number of benzene rings is 1. The number of rotatable bonds is 3. The SMILES string of the molecule is Cc1c(N)cc(Cl)cc1S(=O)(=O)Nc1nccs1. The molecule has 0 fully saturated rings. The number of nitrogen functional groups attached to an aromatic ring is 1. The van der Waals surface area contributed by atoms with Crippen molar-refractivity contribution >= 4 is 43.8 Å². The zero-order valence-corrected chi connectivity index (χ0v) is 11.7. The second kappa shape index (κ2) is 4.75. The Morgan fingerprint density at radius 3 is 2.78 bits per heavy atom. The van der Waals surface area contributed by atoms with Crippen molar-refractivity contribution in [2.75, 3.05) is 10.5 Å². The van der Waals surface area contributed by atoms with Crippen LogP contribution < -0.4 is 10.5 Å². The van der Waals surface area contributed by atoms with Crippen LogP contribution in [0.3, 0.4) is 0 Å². The molecule has 0 radical (unpaired) electrons. The molecule has 0 aliphatic heterocycles. The monoisotopic (exact) mass is 303 g/mol. The Bertz CT molecular complexity index is 669. The Morgan fingerprint density at radius 2 is 2.17 bits per heavy atom. The lowest BCUT2D eigenvalue weighted by molar-refractivity contribution is 0.600. The van der Waals surface area contributed by atoms with Gasteiger partial charge in [-0.05, 0) is 24.6 Å². The highest BCUT2D eigenvalue weighted by atomic mass is 35.5. The standard InChI is InChI=1S/C10H10ClN3O2S2/c1-6-8(12)4-7(11)5-9(6)18(15,16)14-10-13-2-3-17-10/h2-5H,12H2,1H3,(H,13,14). The smallest absolute Gasteiger partial charge is 0.264 e. The van der Waals surface area contributed by atoms with Crippen LogP contribution in [0.15, 0.2) is 28.6 Å². The molecule has 0 saturated carbocycles. The third-order valence-corrected chi connectivity index (χ3v) is 4.81. The number of thiazole rings is 1. The van der Waals surface area contributed by atoms with Crippen molar-refractivity contribution in [3.63, 3.8) is 0 Å². The van der Waals surface area contributed by atoms with E-state index in [0.29, 0.717) is 16.4 Å². The molecule has 0 aliphatic carbocycles. The summed E-state index contributed by atoms with van der Waals surface area (Å²) in [6, 6.07) is 2.88. The molecule has 0 atom stereocenters. The van der Waals surface area contributed by atoms with Gasteiger partial charge in [0.05, 0.1) is 4.90 Å². The van der Waals surface area contributed by atoms with Crippen LogP contribution in [0.25, 0.3) is 0 Å². The van der Waals surface area contributed by atoms with Gasteiger partial charge in [-0.15, -0.1) is 11.3 Å². The summed E-state index contributed by atoms with van der Waals surface area (Å²) in [5.74, 6) is 0. The summed E-state index contributed by atoms with van der Waals surface area (Å²) < 4.78 is 26.7. The van der Waals surface area contributed by atoms with E-state index in [1.54, 1.807) is 12.3 Å². The van der Waals surface area contributed by atoms with Crippen LogP contribution >= 0.6 is 22.9 Å². The van der Waals surface area contributed by atoms with Gasteiger partial charge in [-0.25, -0.2) is 13.4 Å². The zero-order chi connectivity index (χ0) is 13.3. The fourth-order valence-corrected chi connectivity index (χ4v) is 3.78. The minimum Gasteiger partial charge on any atom is -0.398 e. The van der Waals surface area contributed by atoms with Gasteiger partial charge in [-0.2, -0.15) is 0 Å². The van der Waals surface area contributed by atoms with E-state index in [0.717, 1.165) is 0 Å². The van der Waals surface area contributed by atoms with E-state index >= 15 is 0 Å². The van der Waals surface area contributed by atoms with Crippen LogP contribution in [0, 0.1) is 6.92 Å². The molecule has 0 aliphatic rings. The number of nitrogens with two attached hydrogens (primary N) is 1. The molecule has 5 nitrogen and oxygen atoms in total. The number of aromatic nitrogens is 1. The lowest BCUT2D eigenvalue weighted by Crippen LogP contribution is -2.14. The van der Waals surface area contributed by atoms with Crippen LogP contribution in [0.1, 0.15) is 5.56 Å². The maximum absolute atomic E-state index is 12.2. The molecule has 1 aromatic carbocycles. The van der Waals surface area contributed by atoms with Gasteiger partial charge in [0.15, 0.2) is 5.13 Å². The molecule has 0 saturated heterocycles. The molecule has 0 amide bonds. The fraction of sp³-hybridized carbons (Fsp3) is 0.100. The molecule has 0 bridgehead atoms. The Kier molecular flexibility index (Phi) is 3.47. The van der Waals surface area contributed by atoms with Crippen molar-refractivity contribution in [1.82, 2.24) is 4.98 Å². The van der Waals surface area contributed by atoms with Gasteiger partial charge >= 0.3 is 0 Å². The predicted octanol–water partition coefficient (Wildman–Crippen LogP) is 2.49. The molecule has 8 heteroatoms. The van der Waals surface area contributed by atoms with E-state index in [1.165, 1.54) is 29.7 Å². The number of anilines is 2. The van der Waals surface area contributed by atoms with Gasteiger partial charge in [-0.1, -0.05) is 11.6 Å². The Hall–Kier alpha value is -1.31. The lowest BCUT2D eigenvalue weighted by atomic mass is 10.2. The molecule has 3 N–H and O–H groups in total. The summed E-state index contributed by atoms with van der Waals surface area (Å²) in [5, 5.41) is 2.25. The molecular formula is C10H10ClN3O2S2. The van der Waals surface area contributed by atoms with Gasteiger partial charge in [0.2, 0.25) is 0 Å². The summed E-state index contributed by atoms with van der Waals surface area (Å²) in [6.07, 6.45) is 1.52. The van der Waals surface area contributed by atoms with Gasteiger partial charge in [-0.3, -0.25) is 4.72 Å². The molecule has 96 valence electrons. The average Bonchev–Trinajstić information content (AvgIpc) is 2.75. The van der Waals surface area contributed by atoms with Crippen LogP contribution in [0.4, 0.5) is 10.8 Å². The van der Waals surface area contributed by atoms with Gasteiger partial charge in [0, 0.05) is 22.3 Å². The van der Waals surface area contributed by atoms with Crippen LogP contribution in [-0.2, 0) is 10.0 Å². The number of nitrogens with one attached hydrogen (secondary N) is 1. The number of nitrogens with zero attached hydrogens (tertiary/aromatic N) is 1. The highest BCUT2D eigenvalue weighted by molar-refractivity contribution is 7.93. The Labute approximate surface area is 114 Å². The van der Waals surface area contributed by atoms with Gasteiger partial charge < -0.3 is 5.73 Å². The topological polar surface area (TPSA) is 85.1 Å². The van der Waals surface area contributed by atoms with E-state index < -0.39 is 10.0 Å². The molecule has 2 rings (SSSR count). The van der Waals surface area contributed by atoms with E-state index in [1.807, 2.05) is 0 Å². The first-order chi connectivity index (χ1) is 8.40. The maximum Gasteiger partial charge on any atom is 0.264 e. The quantitative estimate of drug-likeness (QED) is 0.853. The maximum atomic E-state index is 12.2. The Balaban J connectivity index is 2.48. The first-order valence-corrected chi connectivity index (χ1v) is 7.62. The van der Waals surface area contributed by atoms with Crippen LogP contribution in [0.2, 0.25) is 5.02 Å². The van der Waals surface area contributed by atoms with Crippen molar-refractivity contribution in [1.29, 1.82) is 0 Å². The second-order valence-electron chi connectivity index (χ2n) is 3.56. The van der Waals surface area contributed by atoms with Crippen molar-refractivity contribution in [3.8, 4) is 0 Å². The van der Waals surface area contributed by atoms with Crippen LogP contribution in [0.5, 0.6) is 0 Å². The number of halogens is 1. The summed E-state index contributed by atoms with van der Waals surface area (Å²) >= 11 is 7.02. The summed E-state index contributed by atoms with van der Waals surface area (Å²) in [5.41, 5.74) is 6.50. The highest BCUT2D eigenvalue weighted by Crippen LogP contribution is 2.27. The fourth-order valence-electron chi connectivity index (χ4n) is 1.40. The first-order valence-electron chi connectivity index (χ1n) is 4.88. The molecule has 1 aromatic heterocycles. The minimum atomic E-state index is -3.73. The third kappa shape index (κ3) is 2.58. The average molecular weight is 304 g/mol. The number of sulfonamides is 1. The van der Waals surface area contributed by atoms with E-state index in [-0.39, 0.29) is 9.92 Å².